The van der Waals surface area contributed by atoms with Gasteiger partial charge in [0.25, 0.3) is 0 Å². The van der Waals surface area contributed by atoms with Crippen molar-refractivity contribution < 1.29 is 9.84 Å². The van der Waals surface area contributed by atoms with E-state index in [2.05, 4.69) is 0 Å². The molecule has 0 spiro atoms. The molecule has 3 heteroatoms. The average molecular weight is 141 g/mol. The van der Waals surface area contributed by atoms with E-state index in [1.807, 2.05) is 0 Å². The Morgan fingerprint density at radius 1 is 1.60 bits per heavy atom. The summed E-state index contributed by atoms with van der Waals surface area (Å²) in [4.78, 5) is 0. The van der Waals surface area contributed by atoms with Crippen LogP contribution < -0.4 is 0 Å². The third kappa shape index (κ3) is 1.69. The summed E-state index contributed by atoms with van der Waals surface area (Å²) in [5.74, 6) is 0. The van der Waals surface area contributed by atoms with Gasteiger partial charge in [-0.3, -0.25) is 0 Å². The number of hydrogen-bond acceptors (Lipinski definition) is 3. The zero-order valence-corrected chi connectivity index (χ0v) is 5.79. The molecule has 1 rings (SSSR count). The van der Waals surface area contributed by atoms with Crippen LogP contribution in [0.4, 0.5) is 0 Å². The highest BCUT2D eigenvalue weighted by Gasteiger charge is 2.21. The zero-order valence-electron chi connectivity index (χ0n) is 5.79. The van der Waals surface area contributed by atoms with Crippen molar-refractivity contribution in [2.24, 2.45) is 0 Å². The van der Waals surface area contributed by atoms with Crippen molar-refractivity contribution in [2.45, 2.75) is 31.5 Å². The fourth-order valence-electron chi connectivity index (χ4n) is 1.10. The SMILES string of the molecule is N#C[C@H](O)[C@H]1CCCCO1. The second-order valence-corrected chi connectivity index (χ2v) is 2.48. The van der Waals surface area contributed by atoms with Gasteiger partial charge in [-0.2, -0.15) is 5.26 Å². The van der Waals surface area contributed by atoms with Gasteiger partial charge in [0.05, 0.1) is 12.2 Å². The van der Waals surface area contributed by atoms with E-state index >= 15 is 0 Å². The minimum atomic E-state index is -0.930. The summed E-state index contributed by atoms with van der Waals surface area (Å²) in [5.41, 5.74) is 0. The molecule has 3 nitrogen and oxygen atoms in total. The minimum Gasteiger partial charge on any atom is -0.375 e. The first kappa shape index (κ1) is 7.52. The van der Waals surface area contributed by atoms with Gasteiger partial charge < -0.3 is 9.84 Å². The van der Waals surface area contributed by atoms with E-state index in [0.717, 1.165) is 19.3 Å². The molecule has 1 saturated heterocycles. The molecule has 10 heavy (non-hydrogen) atoms. The molecular formula is C7H11NO2. The van der Waals surface area contributed by atoms with Gasteiger partial charge in [0, 0.05) is 6.61 Å². The molecule has 1 fully saturated rings. The largest absolute Gasteiger partial charge is 0.375 e. The molecule has 2 atom stereocenters. The number of ether oxygens (including phenoxy) is 1. The second-order valence-electron chi connectivity index (χ2n) is 2.48. The van der Waals surface area contributed by atoms with Gasteiger partial charge >= 0.3 is 0 Å². The van der Waals surface area contributed by atoms with Crippen LogP contribution in [0.5, 0.6) is 0 Å². The van der Waals surface area contributed by atoms with E-state index in [-0.39, 0.29) is 6.10 Å². The first-order valence-electron chi connectivity index (χ1n) is 3.54. The van der Waals surface area contributed by atoms with Crippen LogP contribution in [0, 0.1) is 11.3 Å². The first-order valence-corrected chi connectivity index (χ1v) is 3.54. The van der Waals surface area contributed by atoms with E-state index in [1.165, 1.54) is 0 Å². The van der Waals surface area contributed by atoms with Crippen LogP contribution in [0.3, 0.4) is 0 Å². The Balaban J connectivity index is 2.33. The van der Waals surface area contributed by atoms with Gasteiger partial charge in [-0.1, -0.05) is 0 Å². The highest BCUT2D eigenvalue weighted by molar-refractivity contribution is 4.89. The molecule has 0 aromatic carbocycles. The van der Waals surface area contributed by atoms with Crippen LogP contribution in [0.2, 0.25) is 0 Å². The molecule has 0 saturated carbocycles. The van der Waals surface area contributed by atoms with Crippen LogP contribution in [-0.4, -0.2) is 23.9 Å². The molecule has 0 bridgehead atoms. The zero-order chi connectivity index (χ0) is 7.40. The third-order valence-electron chi connectivity index (χ3n) is 1.70. The molecule has 0 aromatic rings. The lowest BCUT2D eigenvalue weighted by Gasteiger charge is -2.22. The number of nitrogens with zero attached hydrogens (tertiary/aromatic N) is 1. The van der Waals surface area contributed by atoms with Gasteiger partial charge in [0.15, 0.2) is 6.10 Å². The van der Waals surface area contributed by atoms with Crippen LogP contribution in [-0.2, 0) is 4.74 Å². The molecule has 1 aliphatic heterocycles. The Labute approximate surface area is 60.2 Å². The van der Waals surface area contributed by atoms with Gasteiger partial charge in [-0.25, -0.2) is 0 Å². The van der Waals surface area contributed by atoms with Crippen LogP contribution in [0.15, 0.2) is 0 Å². The Morgan fingerprint density at radius 2 is 2.40 bits per heavy atom. The van der Waals surface area contributed by atoms with Crippen molar-refractivity contribution in [3.05, 3.63) is 0 Å². The summed E-state index contributed by atoms with van der Waals surface area (Å²) >= 11 is 0. The van der Waals surface area contributed by atoms with E-state index in [0.29, 0.717) is 6.61 Å². The summed E-state index contributed by atoms with van der Waals surface area (Å²) in [6, 6.07) is 1.77. The minimum absolute atomic E-state index is 0.237. The molecule has 1 heterocycles. The van der Waals surface area contributed by atoms with Gasteiger partial charge in [0.1, 0.15) is 0 Å². The van der Waals surface area contributed by atoms with Crippen molar-refractivity contribution in [3.8, 4) is 6.07 Å². The number of rotatable bonds is 1. The first-order chi connectivity index (χ1) is 4.84. The van der Waals surface area contributed by atoms with Crippen molar-refractivity contribution in [1.29, 1.82) is 5.26 Å². The van der Waals surface area contributed by atoms with Gasteiger partial charge in [0.2, 0.25) is 0 Å². The maximum absolute atomic E-state index is 9.00. The number of aliphatic hydroxyl groups is 1. The second kappa shape index (κ2) is 3.55. The molecule has 0 aromatic heterocycles. The van der Waals surface area contributed by atoms with Crippen LogP contribution >= 0.6 is 0 Å². The van der Waals surface area contributed by atoms with E-state index < -0.39 is 6.10 Å². The topological polar surface area (TPSA) is 53.2 Å². The third-order valence-corrected chi connectivity index (χ3v) is 1.70. The highest BCUT2D eigenvalue weighted by Crippen LogP contribution is 2.14. The summed E-state index contributed by atoms with van der Waals surface area (Å²) in [7, 11) is 0. The predicted octanol–water partition coefficient (Wildman–Crippen LogP) is 0.440. The summed E-state index contributed by atoms with van der Waals surface area (Å²) in [6.45, 7) is 0.684. The molecular weight excluding hydrogens is 130 g/mol. The van der Waals surface area contributed by atoms with E-state index in [4.69, 9.17) is 15.1 Å². The molecule has 1 N–H and O–H groups in total. The van der Waals surface area contributed by atoms with Crippen molar-refractivity contribution >= 4 is 0 Å². The molecule has 56 valence electrons. The van der Waals surface area contributed by atoms with Crippen LogP contribution in [0.1, 0.15) is 19.3 Å². The summed E-state index contributed by atoms with van der Waals surface area (Å²) < 4.78 is 5.16. The van der Waals surface area contributed by atoms with E-state index in [9.17, 15) is 0 Å². The molecule has 1 aliphatic rings. The monoisotopic (exact) mass is 141 g/mol. The fourth-order valence-corrected chi connectivity index (χ4v) is 1.10. The van der Waals surface area contributed by atoms with Crippen molar-refractivity contribution in [1.82, 2.24) is 0 Å². The smallest absolute Gasteiger partial charge is 0.166 e. The Bertz CT molecular complexity index is 135. The summed E-state index contributed by atoms with van der Waals surface area (Å²) in [5, 5.41) is 17.3. The quantitative estimate of drug-likeness (QED) is 0.539. The number of nitriles is 1. The molecule has 0 unspecified atom stereocenters. The van der Waals surface area contributed by atoms with Crippen LogP contribution in [0.25, 0.3) is 0 Å². The van der Waals surface area contributed by atoms with Gasteiger partial charge in [-0.05, 0) is 19.3 Å². The molecule has 0 radical (unpaired) electrons. The number of aliphatic hydroxyl groups excluding tert-OH is 1. The maximum atomic E-state index is 9.00. The standard InChI is InChI=1S/C7H11NO2/c8-5-6(9)7-3-1-2-4-10-7/h6-7,9H,1-4H2/t6-,7+/m0/s1. The predicted molar refractivity (Wildman–Crippen MR) is 35.2 cm³/mol. The Morgan fingerprint density at radius 3 is 2.90 bits per heavy atom. The fraction of sp³-hybridized carbons (Fsp3) is 0.857. The lowest BCUT2D eigenvalue weighted by atomic mass is 10.1. The van der Waals surface area contributed by atoms with Gasteiger partial charge in [-0.15, -0.1) is 0 Å². The maximum Gasteiger partial charge on any atom is 0.166 e. The Hall–Kier alpha value is -0.590. The lowest BCUT2D eigenvalue weighted by Crippen LogP contribution is -2.30. The average Bonchev–Trinajstić information content (AvgIpc) is 2.05. The molecule has 0 aliphatic carbocycles. The summed E-state index contributed by atoms with van der Waals surface area (Å²) in [6.07, 6.45) is 1.76. The van der Waals surface area contributed by atoms with E-state index in [1.54, 1.807) is 6.07 Å². The highest BCUT2D eigenvalue weighted by atomic mass is 16.5. The Kier molecular flexibility index (Phi) is 2.67. The number of hydrogen-bond donors (Lipinski definition) is 1. The lowest BCUT2D eigenvalue weighted by molar-refractivity contribution is -0.0414. The molecule has 0 amide bonds. The van der Waals surface area contributed by atoms with Crippen molar-refractivity contribution in [2.75, 3.05) is 6.61 Å². The normalized spacial score (nSPS) is 29.0. The van der Waals surface area contributed by atoms with Crippen molar-refractivity contribution in [3.63, 3.8) is 0 Å².